The summed E-state index contributed by atoms with van der Waals surface area (Å²) in [5.74, 6) is 2.44. The molecule has 1 aliphatic carbocycles. The lowest BCUT2D eigenvalue weighted by Crippen LogP contribution is -2.29. The minimum Gasteiger partial charge on any atom is -0.497 e. The van der Waals surface area contributed by atoms with Gasteiger partial charge in [0.25, 0.3) is 0 Å². The minimum atomic E-state index is -0.0135. The largest absolute Gasteiger partial charge is 0.497 e. The molecule has 1 aromatic heterocycles. The van der Waals surface area contributed by atoms with Crippen molar-refractivity contribution >= 4 is 45.9 Å². The molecule has 0 spiro atoms. The Hall–Kier alpha value is -3.26. The predicted molar refractivity (Wildman–Crippen MR) is 134 cm³/mol. The predicted octanol–water partition coefficient (Wildman–Crippen LogP) is 5.11. The highest BCUT2D eigenvalue weighted by Crippen LogP contribution is 2.35. The Labute approximate surface area is 202 Å². The lowest BCUT2D eigenvalue weighted by atomic mass is 9.82. The van der Waals surface area contributed by atoms with E-state index in [1.54, 1.807) is 13.3 Å². The average molecular weight is 478 g/mol. The molecular formula is C26H27N3O4S. The van der Waals surface area contributed by atoms with Crippen LogP contribution in [0.4, 0.5) is 11.4 Å². The topological polar surface area (TPSA) is 89.6 Å². The van der Waals surface area contributed by atoms with Crippen molar-refractivity contribution in [2.45, 2.75) is 30.6 Å². The SMILES string of the molecule is COc1ccc2nccc(OC[C@H]3CC[C@H](C(=O)Nc4ccc5c(c4)NC(=O)CS5)CC3)c2c1. The Kier molecular flexibility index (Phi) is 6.58. The van der Waals surface area contributed by atoms with Crippen LogP contribution in [0.5, 0.6) is 11.5 Å². The summed E-state index contributed by atoms with van der Waals surface area (Å²) in [7, 11) is 1.65. The molecule has 34 heavy (non-hydrogen) atoms. The van der Waals surface area contributed by atoms with Crippen LogP contribution in [0.15, 0.2) is 53.6 Å². The molecule has 7 nitrogen and oxygen atoms in total. The summed E-state index contributed by atoms with van der Waals surface area (Å²) in [6.45, 7) is 0.618. The zero-order valence-electron chi connectivity index (χ0n) is 19.0. The Morgan fingerprint density at radius 3 is 2.82 bits per heavy atom. The summed E-state index contributed by atoms with van der Waals surface area (Å²) in [6, 6.07) is 13.3. The number of hydrogen-bond donors (Lipinski definition) is 2. The summed E-state index contributed by atoms with van der Waals surface area (Å²) >= 11 is 1.51. The van der Waals surface area contributed by atoms with Crippen molar-refractivity contribution < 1.29 is 19.1 Å². The quantitative estimate of drug-likeness (QED) is 0.513. The first-order chi connectivity index (χ1) is 16.6. The monoisotopic (exact) mass is 477 g/mol. The standard InChI is InChI=1S/C26H27N3O4S/c1-32-19-7-8-21-20(13-19)23(10-11-27-21)33-14-16-2-4-17(5-3-16)26(31)28-18-6-9-24-22(12-18)29-25(30)15-34-24/h6-13,16-17H,2-5,14-15H2,1H3,(H,28,31)(H,29,30)/t16-,17-. The highest BCUT2D eigenvalue weighted by molar-refractivity contribution is 8.00. The van der Waals surface area contributed by atoms with Gasteiger partial charge < -0.3 is 20.1 Å². The number of benzene rings is 2. The Bertz CT molecular complexity index is 1220. The first kappa shape index (κ1) is 22.5. The fraction of sp³-hybridized carbons (Fsp3) is 0.346. The number of fused-ring (bicyclic) bond motifs is 2. The van der Waals surface area contributed by atoms with E-state index in [1.807, 2.05) is 42.5 Å². The second-order valence-electron chi connectivity index (χ2n) is 8.76. The van der Waals surface area contributed by atoms with Crippen molar-refractivity contribution in [3.8, 4) is 11.5 Å². The number of amides is 2. The second kappa shape index (κ2) is 9.93. The maximum atomic E-state index is 12.8. The molecule has 0 radical (unpaired) electrons. The van der Waals surface area contributed by atoms with Gasteiger partial charge in [-0.15, -0.1) is 11.8 Å². The molecule has 2 amide bonds. The van der Waals surface area contributed by atoms with E-state index >= 15 is 0 Å². The summed E-state index contributed by atoms with van der Waals surface area (Å²) in [5.41, 5.74) is 2.36. The molecule has 1 aliphatic heterocycles. The third-order valence-electron chi connectivity index (χ3n) is 6.48. The van der Waals surface area contributed by atoms with E-state index in [-0.39, 0.29) is 17.7 Å². The van der Waals surface area contributed by atoms with Crippen molar-refractivity contribution in [3.05, 3.63) is 48.7 Å². The van der Waals surface area contributed by atoms with Crippen molar-refractivity contribution in [2.24, 2.45) is 11.8 Å². The number of rotatable bonds is 6. The van der Waals surface area contributed by atoms with E-state index in [9.17, 15) is 9.59 Å². The van der Waals surface area contributed by atoms with Crippen LogP contribution in [-0.4, -0.2) is 36.3 Å². The van der Waals surface area contributed by atoms with Crippen LogP contribution in [0, 0.1) is 11.8 Å². The van der Waals surface area contributed by atoms with Crippen LogP contribution < -0.4 is 20.1 Å². The number of aromatic nitrogens is 1. The molecule has 1 saturated carbocycles. The number of ether oxygens (including phenoxy) is 2. The van der Waals surface area contributed by atoms with Gasteiger partial charge in [0.2, 0.25) is 11.8 Å². The van der Waals surface area contributed by atoms with Gasteiger partial charge in [0.1, 0.15) is 11.5 Å². The molecule has 2 heterocycles. The first-order valence-corrected chi connectivity index (χ1v) is 12.5. The van der Waals surface area contributed by atoms with E-state index in [4.69, 9.17) is 9.47 Å². The van der Waals surface area contributed by atoms with Gasteiger partial charge in [0, 0.05) is 28.1 Å². The van der Waals surface area contributed by atoms with Crippen molar-refractivity contribution in [3.63, 3.8) is 0 Å². The minimum absolute atomic E-state index is 0.0118. The zero-order valence-corrected chi connectivity index (χ0v) is 19.8. The number of carbonyl (C=O) groups is 2. The first-order valence-electron chi connectivity index (χ1n) is 11.5. The van der Waals surface area contributed by atoms with Crippen molar-refractivity contribution in [1.82, 2.24) is 4.98 Å². The van der Waals surface area contributed by atoms with Crippen molar-refractivity contribution in [1.29, 1.82) is 0 Å². The third kappa shape index (κ3) is 4.97. The lowest BCUT2D eigenvalue weighted by molar-refractivity contribution is -0.121. The highest BCUT2D eigenvalue weighted by atomic mass is 32.2. The second-order valence-corrected chi connectivity index (χ2v) is 9.78. The third-order valence-corrected chi connectivity index (χ3v) is 7.55. The molecule has 0 bridgehead atoms. The Morgan fingerprint density at radius 2 is 2.00 bits per heavy atom. The number of hydrogen-bond acceptors (Lipinski definition) is 6. The molecule has 0 atom stereocenters. The lowest BCUT2D eigenvalue weighted by Gasteiger charge is -2.28. The van der Waals surface area contributed by atoms with Gasteiger partial charge in [0.05, 0.1) is 30.7 Å². The number of nitrogens with zero attached hydrogens (tertiary/aromatic N) is 1. The van der Waals surface area contributed by atoms with Gasteiger partial charge in [0.15, 0.2) is 0 Å². The molecule has 0 unspecified atom stereocenters. The Balaban J connectivity index is 1.14. The molecule has 176 valence electrons. The molecular weight excluding hydrogens is 450 g/mol. The fourth-order valence-corrected chi connectivity index (χ4v) is 5.35. The Morgan fingerprint density at radius 1 is 1.15 bits per heavy atom. The molecule has 0 saturated heterocycles. The van der Waals surface area contributed by atoms with Crippen molar-refractivity contribution in [2.75, 3.05) is 30.1 Å². The zero-order chi connectivity index (χ0) is 23.5. The summed E-state index contributed by atoms with van der Waals surface area (Å²) in [5, 5.41) is 6.84. The van der Waals surface area contributed by atoms with Crippen LogP contribution in [-0.2, 0) is 9.59 Å². The number of carbonyl (C=O) groups excluding carboxylic acids is 2. The van der Waals surface area contributed by atoms with Crippen LogP contribution in [0.2, 0.25) is 0 Å². The van der Waals surface area contributed by atoms with Crippen LogP contribution in [0.1, 0.15) is 25.7 Å². The molecule has 3 aromatic rings. The number of methoxy groups -OCH3 is 1. The normalized spacial score (nSPS) is 19.7. The molecule has 2 aromatic carbocycles. The maximum absolute atomic E-state index is 12.8. The number of thioether (sulfide) groups is 1. The van der Waals surface area contributed by atoms with Crippen LogP contribution in [0.3, 0.4) is 0 Å². The molecule has 5 rings (SSSR count). The fourth-order valence-electron chi connectivity index (χ4n) is 4.56. The van der Waals surface area contributed by atoms with Gasteiger partial charge >= 0.3 is 0 Å². The number of pyridine rings is 1. The smallest absolute Gasteiger partial charge is 0.234 e. The maximum Gasteiger partial charge on any atom is 0.234 e. The summed E-state index contributed by atoms with van der Waals surface area (Å²) < 4.78 is 11.5. The van der Waals surface area contributed by atoms with Gasteiger partial charge in [-0.1, -0.05) is 0 Å². The molecule has 1 fully saturated rings. The number of nitrogens with one attached hydrogen (secondary N) is 2. The van der Waals surface area contributed by atoms with E-state index < -0.39 is 0 Å². The van der Waals surface area contributed by atoms with E-state index in [0.29, 0.717) is 18.3 Å². The van der Waals surface area contributed by atoms with Gasteiger partial charge in [-0.05, 0) is 74.1 Å². The van der Waals surface area contributed by atoms with E-state index in [1.165, 1.54) is 11.8 Å². The number of anilines is 2. The summed E-state index contributed by atoms with van der Waals surface area (Å²) in [6.07, 6.45) is 5.32. The van der Waals surface area contributed by atoms with Gasteiger partial charge in [-0.25, -0.2) is 0 Å². The molecule has 2 aliphatic rings. The van der Waals surface area contributed by atoms with E-state index in [0.717, 1.165) is 64.4 Å². The molecule has 8 heteroatoms. The average Bonchev–Trinajstić information content (AvgIpc) is 2.87. The van der Waals surface area contributed by atoms with Gasteiger partial charge in [-0.3, -0.25) is 14.6 Å². The van der Waals surface area contributed by atoms with E-state index in [2.05, 4.69) is 15.6 Å². The highest BCUT2D eigenvalue weighted by Gasteiger charge is 2.27. The molecule has 2 N–H and O–H groups in total. The van der Waals surface area contributed by atoms with Gasteiger partial charge in [-0.2, -0.15) is 0 Å². The van der Waals surface area contributed by atoms with Crippen LogP contribution >= 0.6 is 11.8 Å². The van der Waals surface area contributed by atoms with Crippen LogP contribution in [0.25, 0.3) is 10.9 Å². The summed E-state index contributed by atoms with van der Waals surface area (Å²) in [4.78, 5) is 29.9.